The molecule has 0 heterocycles. The highest BCUT2D eigenvalue weighted by Gasteiger charge is 2.30. The fraction of sp³-hybridized carbons (Fsp3) is 0.952. The van der Waals surface area contributed by atoms with Gasteiger partial charge in [-0.1, -0.05) is 52.4 Å². The molecule has 25 heavy (non-hydrogen) atoms. The molecule has 0 aliphatic carbocycles. The summed E-state index contributed by atoms with van der Waals surface area (Å²) in [6.45, 7) is 10.1. The number of nitrogens with zero attached hydrogens (tertiary/aromatic N) is 1. The first-order valence-corrected chi connectivity index (χ1v) is 10.3. The molecule has 1 atom stereocenters. The Morgan fingerprint density at radius 2 is 1.56 bits per heavy atom. The van der Waals surface area contributed by atoms with Crippen LogP contribution in [-0.4, -0.2) is 55.5 Å². The highest BCUT2D eigenvalue weighted by Crippen LogP contribution is 2.25. The summed E-state index contributed by atoms with van der Waals surface area (Å²) in [7, 11) is 4.27. The van der Waals surface area contributed by atoms with Gasteiger partial charge >= 0.3 is 5.97 Å². The summed E-state index contributed by atoms with van der Waals surface area (Å²) in [6.07, 6.45) is 9.82. The molecule has 0 aliphatic rings. The van der Waals surface area contributed by atoms with Crippen LogP contribution in [0.5, 0.6) is 0 Å². The first-order valence-electron chi connectivity index (χ1n) is 10.3. The minimum absolute atomic E-state index is 0.105. The van der Waals surface area contributed by atoms with Crippen molar-refractivity contribution in [2.75, 3.05) is 33.8 Å². The van der Waals surface area contributed by atoms with Gasteiger partial charge < -0.3 is 14.3 Å². The van der Waals surface area contributed by atoms with Crippen LogP contribution in [0.4, 0.5) is 0 Å². The molecule has 4 nitrogen and oxygen atoms in total. The first kappa shape index (κ1) is 24.4. The van der Waals surface area contributed by atoms with Gasteiger partial charge in [-0.3, -0.25) is 4.79 Å². The first-order chi connectivity index (χ1) is 11.6. The molecule has 0 rings (SSSR count). The highest BCUT2D eigenvalue weighted by atomic mass is 16.5. The van der Waals surface area contributed by atoms with Crippen molar-refractivity contribution in [3.05, 3.63) is 0 Å². The largest absolute Gasteiger partial charge is 0.462 e. The molecule has 1 unspecified atom stereocenters. The molecular formula is C21H44NO3+. The number of aliphatic hydroxyl groups excluding tert-OH is 1. The molecule has 0 saturated carbocycles. The van der Waals surface area contributed by atoms with Gasteiger partial charge in [-0.2, -0.15) is 0 Å². The molecule has 1 N–H and O–H groups in total. The number of quaternary nitrogens is 1. The third-order valence-corrected chi connectivity index (χ3v) is 4.94. The maximum Gasteiger partial charge on any atom is 0.311 e. The van der Waals surface area contributed by atoms with Crippen molar-refractivity contribution in [1.82, 2.24) is 0 Å². The van der Waals surface area contributed by atoms with Crippen molar-refractivity contribution in [2.24, 2.45) is 5.41 Å². The second-order valence-corrected chi connectivity index (χ2v) is 8.85. The molecule has 0 fully saturated rings. The van der Waals surface area contributed by atoms with Crippen LogP contribution in [0.25, 0.3) is 0 Å². The predicted octanol–water partition coefficient (Wildman–Crippen LogP) is 4.54. The van der Waals surface area contributed by atoms with Gasteiger partial charge in [0.1, 0.15) is 19.3 Å². The van der Waals surface area contributed by atoms with Gasteiger partial charge in [0, 0.05) is 0 Å². The van der Waals surface area contributed by atoms with E-state index in [1.165, 1.54) is 44.9 Å². The summed E-state index contributed by atoms with van der Waals surface area (Å²) in [5.74, 6) is -0.184. The molecular weight excluding hydrogens is 314 g/mol. The lowest BCUT2D eigenvalue weighted by atomic mass is 9.87. The molecule has 0 amide bonds. The average Bonchev–Trinajstić information content (AvgIpc) is 2.53. The van der Waals surface area contributed by atoms with Crippen LogP contribution in [0.3, 0.4) is 0 Å². The third kappa shape index (κ3) is 12.4. The number of aliphatic hydroxyl groups is 1. The fourth-order valence-electron chi connectivity index (χ4n) is 3.14. The number of carbonyl (C=O) groups is 1. The van der Waals surface area contributed by atoms with Crippen LogP contribution < -0.4 is 0 Å². The summed E-state index contributed by atoms with van der Waals surface area (Å²) in [4.78, 5) is 12.3. The maximum absolute atomic E-state index is 12.3. The van der Waals surface area contributed by atoms with Gasteiger partial charge in [0.2, 0.25) is 0 Å². The Morgan fingerprint density at radius 3 is 2.12 bits per heavy atom. The van der Waals surface area contributed by atoms with Crippen LogP contribution in [0, 0.1) is 5.41 Å². The highest BCUT2D eigenvalue weighted by molar-refractivity contribution is 5.75. The molecule has 0 radical (unpaired) electrons. The Hall–Kier alpha value is -0.610. The smallest absolute Gasteiger partial charge is 0.311 e. The van der Waals surface area contributed by atoms with E-state index < -0.39 is 11.5 Å². The number of hydrogen-bond acceptors (Lipinski definition) is 3. The van der Waals surface area contributed by atoms with Gasteiger partial charge in [0.15, 0.2) is 0 Å². The number of esters is 1. The average molecular weight is 359 g/mol. The van der Waals surface area contributed by atoms with Crippen molar-refractivity contribution in [3.63, 3.8) is 0 Å². The van der Waals surface area contributed by atoms with Crippen molar-refractivity contribution >= 4 is 5.97 Å². The van der Waals surface area contributed by atoms with E-state index in [1.54, 1.807) is 0 Å². The van der Waals surface area contributed by atoms with Crippen molar-refractivity contribution in [1.29, 1.82) is 0 Å². The number of unbranched alkanes of at least 4 members (excludes halogenated alkanes) is 6. The Bertz CT molecular complexity index is 353. The zero-order valence-electron chi connectivity index (χ0n) is 17.8. The molecule has 0 aromatic rings. The van der Waals surface area contributed by atoms with E-state index in [0.29, 0.717) is 6.54 Å². The zero-order chi connectivity index (χ0) is 19.3. The predicted molar refractivity (Wildman–Crippen MR) is 105 cm³/mol. The van der Waals surface area contributed by atoms with Gasteiger partial charge in [0.05, 0.1) is 26.1 Å². The van der Waals surface area contributed by atoms with Gasteiger partial charge in [-0.25, -0.2) is 0 Å². The molecule has 0 aliphatic heterocycles. The summed E-state index contributed by atoms with van der Waals surface area (Å²) in [5, 5.41) is 10.3. The van der Waals surface area contributed by atoms with Crippen LogP contribution in [0.15, 0.2) is 0 Å². The van der Waals surface area contributed by atoms with E-state index in [4.69, 9.17) is 4.74 Å². The zero-order valence-corrected chi connectivity index (χ0v) is 17.8. The minimum Gasteiger partial charge on any atom is -0.462 e. The Balaban J connectivity index is 4.12. The Morgan fingerprint density at radius 1 is 1.00 bits per heavy atom. The Labute approximate surface area is 156 Å². The van der Waals surface area contributed by atoms with Crippen molar-refractivity contribution in [2.45, 2.75) is 91.6 Å². The maximum atomic E-state index is 12.3. The SMILES string of the molecule is CCCCCCC(C)(C)C(=O)OCC(O)C[N+](C)(C)CCCCCC. The summed E-state index contributed by atoms with van der Waals surface area (Å²) in [6, 6.07) is 0. The lowest BCUT2D eigenvalue weighted by Gasteiger charge is -2.32. The van der Waals surface area contributed by atoms with Crippen LogP contribution in [0.1, 0.15) is 85.5 Å². The van der Waals surface area contributed by atoms with E-state index in [0.717, 1.165) is 23.9 Å². The molecule has 4 heteroatoms. The molecule has 0 bridgehead atoms. The van der Waals surface area contributed by atoms with Crippen LogP contribution in [0.2, 0.25) is 0 Å². The third-order valence-electron chi connectivity index (χ3n) is 4.94. The summed E-state index contributed by atoms with van der Waals surface area (Å²) < 4.78 is 6.18. The standard InChI is InChI=1S/C21H44NO3/c1-7-9-11-13-15-21(3,4)20(24)25-18-19(23)17-22(5,6)16-14-12-10-8-2/h19,23H,7-18H2,1-6H3/q+1. The molecule has 0 saturated heterocycles. The van der Waals surface area contributed by atoms with E-state index in [9.17, 15) is 9.90 Å². The molecule has 0 aromatic carbocycles. The van der Waals surface area contributed by atoms with Crippen LogP contribution >= 0.6 is 0 Å². The van der Waals surface area contributed by atoms with Crippen molar-refractivity contribution < 1.29 is 19.1 Å². The number of hydrogen-bond donors (Lipinski definition) is 1. The van der Waals surface area contributed by atoms with Gasteiger partial charge in [-0.05, 0) is 33.1 Å². The van der Waals surface area contributed by atoms with Crippen molar-refractivity contribution in [3.8, 4) is 0 Å². The minimum atomic E-state index is -0.596. The second-order valence-electron chi connectivity index (χ2n) is 8.85. The lowest BCUT2D eigenvalue weighted by molar-refractivity contribution is -0.893. The number of likely N-dealkylation sites (N-methyl/N-ethyl adjacent to an activating group) is 1. The van der Waals surface area contributed by atoms with E-state index in [2.05, 4.69) is 27.9 Å². The monoisotopic (exact) mass is 358 g/mol. The molecule has 0 spiro atoms. The summed E-state index contributed by atoms with van der Waals surface area (Å²) in [5.41, 5.74) is -0.460. The number of rotatable bonds is 15. The molecule has 150 valence electrons. The normalized spacial score (nSPS) is 13.7. The van der Waals surface area contributed by atoms with E-state index in [-0.39, 0.29) is 12.6 Å². The second kappa shape index (κ2) is 12.7. The van der Waals surface area contributed by atoms with Gasteiger partial charge in [0.25, 0.3) is 0 Å². The topological polar surface area (TPSA) is 46.5 Å². The van der Waals surface area contributed by atoms with E-state index >= 15 is 0 Å². The quantitative estimate of drug-likeness (QED) is 0.265. The van der Waals surface area contributed by atoms with Crippen LogP contribution in [-0.2, 0) is 9.53 Å². The lowest BCUT2D eigenvalue weighted by Crippen LogP contribution is -2.47. The number of carbonyl (C=O) groups excluding carboxylic acids is 1. The fourth-order valence-corrected chi connectivity index (χ4v) is 3.14. The summed E-state index contributed by atoms with van der Waals surface area (Å²) >= 11 is 0. The number of ether oxygens (including phenoxy) is 1. The van der Waals surface area contributed by atoms with Gasteiger partial charge in [-0.15, -0.1) is 0 Å². The molecule has 0 aromatic heterocycles. The Kier molecular flexibility index (Phi) is 12.4. The van der Waals surface area contributed by atoms with E-state index in [1.807, 2.05) is 13.8 Å².